The lowest BCUT2D eigenvalue weighted by Crippen LogP contribution is -2.05. The van der Waals surface area contributed by atoms with Crippen molar-refractivity contribution in [2.45, 2.75) is 13.5 Å². The van der Waals surface area contributed by atoms with Gasteiger partial charge >= 0.3 is 0 Å². The van der Waals surface area contributed by atoms with Crippen molar-refractivity contribution in [1.29, 1.82) is 0 Å². The summed E-state index contributed by atoms with van der Waals surface area (Å²) in [4.78, 5) is 8.05. The van der Waals surface area contributed by atoms with Gasteiger partial charge in [0.1, 0.15) is 18.0 Å². The Balaban J connectivity index is 1.74. The molecule has 1 heterocycles. The number of hydrogen-bond donors (Lipinski definition) is 2. The van der Waals surface area contributed by atoms with Crippen LogP contribution in [0.4, 0.5) is 30.5 Å². The Labute approximate surface area is 142 Å². The predicted molar refractivity (Wildman–Crippen MR) is 90.1 cm³/mol. The zero-order valence-electron chi connectivity index (χ0n) is 13.4. The molecular formula is C18H15F3N4. The maximum Gasteiger partial charge on any atom is 0.196 e. The fourth-order valence-corrected chi connectivity index (χ4v) is 2.28. The number of aromatic nitrogens is 2. The van der Waals surface area contributed by atoms with Crippen LogP contribution in [0.1, 0.15) is 11.1 Å². The normalized spacial score (nSPS) is 10.6. The third-order valence-corrected chi connectivity index (χ3v) is 3.69. The first kappa shape index (κ1) is 16.8. The van der Waals surface area contributed by atoms with E-state index < -0.39 is 17.5 Å². The van der Waals surface area contributed by atoms with Gasteiger partial charge in [0, 0.05) is 12.6 Å². The second kappa shape index (κ2) is 7.21. The van der Waals surface area contributed by atoms with Crippen LogP contribution in [0.15, 0.2) is 48.8 Å². The molecule has 0 unspecified atom stereocenters. The van der Waals surface area contributed by atoms with Gasteiger partial charge in [-0.15, -0.1) is 0 Å². The van der Waals surface area contributed by atoms with E-state index in [1.54, 1.807) is 6.07 Å². The molecule has 1 aromatic heterocycles. The lowest BCUT2D eigenvalue weighted by atomic mass is 10.1. The van der Waals surface area contributed by atoms with E-state index in [9.17, 15) is 13.2 Å². The zero-order valence-corrected chi connectivity index (χ0v) is 13.4. The summed E-state index contributed by atoms with van der Waals surface area (Å²) < 4.78 is 40.0. The van der Waals surface area contributed by atoms with Gasteiger partial charge in [-0.2, -0.15) is 0 Å². The lowest BCUT2D eigenvalue weighted by Gasteiger charge is -2.11. The molecule has 0 atom stereocenters. The van der Waals surface area contributed by atoms with E-state index in [0.29, 0.717) is 12.4 Å². The van der Waals surface area contributed by atoms with Gasteiger partial charge in [-0.25, -0.2) is 23.1 Å². The maximum absolute atomic E-state index is 13.7. The van der Waals surface area contributed by atoms with Crippen LogP contribution in [0.25, 0.3) is 0 Å². The molecule has 128 valence electrons. The topological polar surface area (TPSA) is 49.8 Å². The number of aryl methyl sites for hydroxylation is 1. The van der Waals surface area contributed by atoms with Gasteiger partial charge in [0.25, 0.3) is 0 Å². The largest absolute Gasteiger partial charge is 0.366 e. The summed E-state index contributed by atoms with van der Waals surface area (Å²) in [6, 6.07) is 11.4. The smallest absolute Gasteiger partial charge is 0.196 e. The van der Waals surface area contributed by atoms with E-state index in [-0.39, 0.29) is 11.5 Å². The monoisotopic (exact) mass is 344 g/mol. The zero-order chi connectivity index (χ0) is 17.8. The van der Waals surface area contributed by atoms with Crippen molar-refractivity contribution in [3.63, 3.8) is 0 Å². The Bertz CT molecular complexity index is 899. The third-order valence-electron chi connectivity index (χ3n) is 3.69. The molecule has 0 bridgehead atoms. The van der Waals surface area contributed by atoms with Gasteiger partial charge in [-0.3, -0.25) is 0 Å². The lowest BCUT2D eigenvalue weighted by molar-refractivity contribution is 0.449. The molecule has 7 heteroatoms. The van der Waals surface area contributed by atoms with E-state index in [4.69, 9.17) is 0 Å². The average molecular weight is 344 g/mol. The molecule has 2 aromatic carbocycles. The Kier molecular flexibility index (Phi) is 4.83. The summed E-state index contributed by atoms with van der Waals surface area (Å²) in [6.45, 7) is 2.57. The summed E-state index contributed by atoms with van der Waals surface area (Å²) in [5.74, 6) is -3.30. The van der Waals surface area contributed by atoms with E-state index in [2.05, 4.69) is 20.6 Å². The number of benzene rings is 2. The van der Waals surface area contributed by atoms with E-state index >= 15 is 0 Å². The average Bonchev–Trinajstić information content (AvgIpc) is 2.62. The van der Waals surface area contributed by atoms with Gasteiger partial charge in [-0.05, 0) is 30.2 Å². The molecule has 0 amide bonds. The SMILES string of the molecule is Cc1ccccc1CNc1cc(Nc2ccc(F)c(F)c2F)ncn1. The molecule has 0 saturated heterocycles. The minimum atomic E-state index is -1.53. The number of halogens is 3. The Morgan fingerprint density at radius 1 is 0.920 bits per heavy atom. The van der Waals surface area contributed by atoms with Crippen LogP contribution in [-0.4, -0.2) is 9.97 Å². The van der Waals surface area contributed by atoms with Crippen LogP contribution in [0.2, 0.25) is 0 Å². The standard InChI is InChI=1S/C18H15F3N4/c1-11-4-2-3-5-12(11)9-22-15-8-16(24-10-23-15)25-14-7-6-13(19)17(20)18(14)21/h2-8,10H,9H2,1H3,(H2,22,23,24,25). The molecule has 0 spiro atoms. The molecule has 0 aliphatic heterocycles. The minimum Gasteiger partial charge on any atom is -0.366 e. The van der Waals surface area contributed by atoms with Gasteiger partial charge in [0.2, 0.25) is 0 Å². The fraction of sp³-hybridized carbons (Fsp3) is 0.111. The molecule has 25 heavy (non-hydrogen) atoms. The van der Waals surface area contributed by atoms with Crippen LogP contribution in [-0.2, 0) is 6.54 Å². The first-order chi connectivity index (χ1) is 12.0. The van der Waals surface area contributed by atoms with Gasteiger partial charge in [0.15, 0.2) is 17.5 Å². The highest BCUT2D eigenvalue weighted by atomic mass is 19.2. The number of hydrogen-bond acceptors (Lipinski definition) is 4. The fourth-order valence-electron chi connectivity index (χ4n) is 2.28. The van der Waals surface area contributed by atoms with Gasteiger partial charge in [0.05, 0.1) is 5.69 Å². The molecule has 0 aliphatic rings. The van der Waals surface area contributed by atoms with Crippen LogP contribution in [0, 0.1) is 24.4 Å². The van der Waals surface area contributed by atoms with E-state index in [1.165, 1.54) is 6.33 Å². The van der Waals surface area contributed by atoms with Crippen LogP contribution >= 0.6 is 0 Å². The highest BCUT2D eigenvalue weighted by Crippen LogP contribution is 2.23. The molecule has 0 aliphatic carbocycles. The molecule has 0 radical (unpaired) electrons. The summed E-state index contributed by atoms with van der Waals surface area (Å²) in [7, 11) is 0. The van der Waals surface area contributed by atoms with Crippen LogP contribution in [0.3, 0.4) is 0 Å². The summed E-state index contributed by atoms with van der Waals surface area (Å²) in [6.07, 6.45) is 1.29. The molecule has 3 rings (SSSR count). The highest BCUT2D eigenvalue weighted by molar-refractivity contribution is 5.59. The Morgan fingerprint density at radius 2 is 1.68 bits per heavy atom. The van der Waals surface area contributed by atoms with Crippen LogP contribution < -0.4 is 10.6 Å². The first-order valence-corrected chi connectivity index (χ1v) is 7.55. The van der Waals surface area contributed by atoms with Crippen LogP contribution in [0.5, 0.6) is 0 Å². The first-order valence-electron chi connectivity index (χ1n) is 7.55. The minimum absolute atomic E-state index is 0.206. The summed E-state index contributed by atoms with van der Waals surface area (Å²) in [5, 5.41) is 5.76. The Hall–Kier alpha value is -3.09. The molecular weight excluding hydrogens is 329 g/mol. The van der Waals surface area contributed by atoms with Crippen molar-refractivity contribution < 1.29 is 13.2 Å². The number of anilines is 3. The van der Waals surface area contributed by atoms with Crippen molar-refractivity contribution in [2.24, 2.45) is 0 Å². The highest BCUT2D eigenvalue weighted by Gasteiger charge is 2.14. The third kappa shape index (κ3) is 3.88. The van der Waals surface area contributed by atoms with E-state index in [0.717, 1.165) is 23.3 Å². The van der Waals surface area contributed by atoms with Crippen molar-refractivity contribution in [2.75, 3.05) is 10.6 Å². The van der Waals surface area contributed by atoms with Gasteiger partial charge < -0.3 is 10.6 Å². The predicted octanol–water partition coefficient (Wildman–Crippen LogP) is 4.56. The number of nitrogens with one attached hydrogen (secondary N) is 2. The second-order valence-electron chi connectivity index (χ2n) is 5.42. The molecule has 0 saturated carbocycles. The molecule has 3 aromatic rings. The van der Waals surface area contributed by atoms with Crippen molar-refractivity contribution in [1.82, 2.24) is 9.97 Å². The Morgan fingerprint density at radius 3 is 2.48 bits per heavy atom. The molecule has 0 fully saturated rings. The molecule has 4 nitrogen and oxygen atoms in total. The number of rotatable bonds is 5. The second-order valence-corrected chi connectivity index (χ2v) is 5.42. The van der Waals surface area contributed by atoms with Crippen molar-refractivity contribution in [3.05, 3.63) is 77.4 Å². The summed E-state index contributed by atoms with van der Waals surface area (Å²) in [5.41, 5.74) is 2.05. The summed E-state index contributed by atoms with van der Waals surface area (Å²) >= 11 is 0. The van der Waals surface area contributed by atoms with Crippen molar-refractivity contribution in [3.8, 4) is 0 Å². The maximum atomic E-state index is 13.7. The van der Waals surface area contributed by atoms with E-state index in [1.807, 2.05) is 31.2 Å². The number of nitrogens with zero attached hydrogens (tertiary/aromatic N) is 2. The van der Waals surface area contributed by atoms with Gasteiger partial charge in [-0.1, -0.05) is 24.3 Å². The molecule has 2 N–H and O–H groups in total. The quantitative estimate of drug-likeness (QED) is 0.666. The van der Waals surface area contributed by atoms with Crippen molar-refractivity contribution >= 4 is 17.3 Å².